The molecule has 0 radical (unpaired) electrons. The highest BCUT2D eigenvalue weighted by molar-refractivity contribution is 5.81. The summed E-state index contributed by atoms with van der Waals surface area (Å²) in [6, 6.07) is 5.71. The van der Waals surface area contributed by atoms with Crippen LogP contribution in [0.1, 0.15) is 64.5 Å². The van der Waals surface area contributed by atoms with Gasteiger partial charge in [0, 0.05) is 29.1 Å². The number of hydroxylamine groups is 2. The first-order chi connectivity index (χ1) is 12.4. The average molecular weight is 376 g/mol. The number of fused-ring (bicyclic) bond motifs is 2. The maximum Gasteiger partial charge on any atom is 0.295 e. The van der Waals surface area contributed by atoms with Crippen molar-refractivity contribution in [3.63, 3.8) is 0 Å². The Morgan fingerprint density at radius 3 is 2.33 bits per heavy atom. The highest BCUT2D eigenvalue weighted by atomic mass is 17.0. The summed E-state index contributed by atoms with van der Waals surface area (Å²) in [5.74, 6) is 0.383. The summed E-state index contributed by atoms with van der Waals surface area (Å²) in [4.78, 5) is 15.7. The van der Waals surface area contributed by atoms with Gasteiger partial charge in [-0.25, -0.2) is 0 Å². The summed E-state index contributed by atoms with van der Waals surface area (Å²) >= 11 is 0. The van der Waals surface area contributed by atoms with Crippen molar-refractivity contribution in [2.45, 2.75) is 64.8 Å². The van der Waals surface area contributed by atoms with Gasteiger partial charge < -0.3 is 24.8 Å². The first kappa shape index (κ1) is 19.6. The van der Waals surface area contributed by atoms with Gasteiger partial charge in [0.2, 0.25) is 0 Å². The smallest absolute Gasteiger partial charge is 0.295 e. The van der Waals surface area contributed by atoms with E-state index in [4.69, 9.17) is 9.25 Å². The van der Waals surface area contributed by atoms with E-state index in [1.54, 1.807) is 6.07 Å². The molecule has 27 heavy (non-hydrogen) atoms. The summed E-state index contributed by atoms with van der Waals surface area (Å²) < 4.78 is 5.90. The van der Waals surface area contributed by atoms with Crippen molar-refractivity contribution in [1.82, 2.24) is 10.4 Å². The summed E-state index contributed by atoms with van der Waals surface area (Å²) in [6.45, 7) is 11.7. The summed E-state index contributed by atoms with van der Waals surface area (Å²) in [5, 5.41) is 27.9. The van der Waals surface area contributed by atoms with Gasteiger partial charge in [0.05, 0.1) is 0 Å². The molecular formula is C19H26N3O5-. The van der Waals surface area contributed by atoms with Crippen molar-refractivity contribution in [3.05, 3.63) is 50.4 Å². The van der Waals surface area contributed by atoms with Crippen LogP contribution in [0.4, 0.5) is 0 Å². The maximum atomic E-state index is 12.7. The topological polar surface area (TPSA) is 104 Å². The molecule has 0 aliphatic carbocycles. The monoisotopic (exact) mass is 376 g/mol. The fourth-order valence-electron chi connectivity index (χ4n) is 3.83. The number of furan rings is 1. The summed E-state index contributed by atoms with van der Waals surface area (Å²) in [7, 11) is 0. The molecule has 1 aliphatic rings. The molecule has 0 saturated carbocycles. The summed E-state index contributed by atoms with van der Waals surface area (Å²) in [5.41, 5.74) is 1.08. The molecule has 8 nitrogen and oxygen atoms in total. The lowest BCUT2D eigenvalue weighted by molar-refractivity contribution is -0.771. The molecule has 2 aromatic rings. The molecule has 1 N–H and O–H groups in total. The van der Waals surface area contributed by atoms with E-state index in [9.17, 15) is 15.3 Å². The van der Waals surface area contributed by atoms with E-state index in [1.807, 2.05) is 53.7 Å². The lowest BCUT2D eigenvalue weighted by Crippen LogP contribution is -2.40. The number of hydrogen-bond donors (Lipinski definition) is 1. The van der Waals surface area contributed by atoms with Crippen LogP contribution in [-0.4, -0.2) is 22.7 Å². The fraction of sp³-hybridized carbons (Fsp3) is 0.579. The molecule has 8 heteroatoms. The van der Waals surface area contributed by atoms with E-state index in [1.165, 1.54) is 0 Å². The normalized spacial score (nSPS) is 19.4. The molecule has 1 aromatic heterocycles. The van der Waals surface area contributed by atoms with Crippen LogP contribution in [0.2, 0.25) is 0 Å². The van der Waals surface area contributed by atoms with Crippen LogP contribution in [0.15, 0.2) is 22.6 Å². The number of benzene rings is 1. The number of nitrogens with one attached hydrogen (secondary N) is 1. The first-order valence-corrected chi connectivity index (χ1v) is 9.05. The van der Waals surface area contributed by atoms with Gasteiger partial charge in [-0.05, 0) is 57.0 Å². The SMILES string of the molecule is CC(C)NCC(O[N+](=O)[O-])c1cc2cc3c(cc2o1)C(C)(C)N([O-])C3(C)C. The molecular weight excluding hydrogens is 350 g/mol. The third-order valence-electron chi connectivity index (χ3n) is 5.25. The summed E-state index contributed by atoms with van der Waals surface area (Å²) in [6.07, 6.45) is -0.846. The quantitative estimate of drug-likeness (QED) is 0.601. The van der Waals surface area contributed by atoms with Gasteiger partial charge in [-0.3, -0.25) is 0 Å². The minimum Gasteiger partial charge on any atom is -0.784 e. The van der Waals surface area contributed by atoms with Gasteiger partial charge in [-0.2, -0.15) is 0 Å². The highest BCUT2D eigenvalue weighted by Crippen LogP contribution is 2.50. The van der Waals surface area contributed by atoms with Gasteiger partial charge >= 0.3 is 0 Å². The van der Waals surface area contributed by atoms with Gasteiger partial charge in [-0.15, -0.1) is 10.1 Å². The molecule has 1 unspecified atom stereocenters. The Labute approximate surface area is 158 Å². The van der Waals surface area contributed by atoms with E-state index < -0.39 is 22.3 Å². The van der Waals surface area contributed by atoms with Crippen LogP contribution in [0.5, 0.6) is 0 Å². The first-order valence-electron chi connectivity index (χ1n) is 9.05. The second-order valence-electron chi connectivity index (χ2n) is 8.38. The molecule has 148 valence electrons. The molecule has 1 atom stereocenters. The zero-order chi connectivity index (χ0) is 20.1. The van der Waals surface area contributed by atoms with Crippen molar-refractivity contribution < 1.29 is 14.3 Å². The predicted molar refractivity (Wildman–Crippen MR) is 101 cm³/mol. The lowest BCUT2D eigenvalue weighted by atomic mass is 9.89. The molecule has 1 aliphatic heterocycles. The van der Waals surface area contributed by atoms with Crippen molar-refractivity contribution in [1.29, 1.82) is 0 Å². The minimum atomic E-state index is -0.846. The number of hydrogen-bond acceptors (Lipinski definition) is 7. The molecule has 0 saturated heterocycles. The Morgan fingerprint density at radius 2 is 1.78 bits per heavy atom. The van der Waals surface area contributed by atoms with E-state index in [0.29, 0.717) is 11.3 Å². The third-order valence-corrected chi connectivity index (χ3v) is 5.25. The van der Waals surface area contributed by atoms with E-state index in [0.717, 1.165) is 21.6 Å². The number of rotatable bonds is 6. The molecule has 0 amide bonds. The zero-order valence-electron chi connectivity index (χ0n) is 16.5. The Morgan fingerprint density at radius 1 is 1.19 bits per heavy atom. The van der Waals surface area contributed by atoms with Crippen molar-refractivity contribution in [2.75, 3.05) is 6.54 Å². The fourth-order valence-corrected chi connectivity index (χ4v) is 3.83. The van der Waals surface area contributed by atoms with Gasteiger partial charge in [0.25, 0.3) is 5.09 Å². The second-order valence-corrected chi connectivity index (χ2v) is 8.38. The predicted octanol–water partition coefficient (Wildman–Crippen LogP) is 3.96. The van der Waals surface area contributed by atoms with Crippen LogP contribution in [0.3, 0.4) is 0 Å². The van der Waals surface area contributed by atoms with Gasteiger partial charge in [0.15, 0.2) is 6.10 Å². The minimum absolute atomic E-state index is 0.153. The van der Waals surface area contributed by atoms with Crippen LogP contribution in [0.25, 0.3) is 11.0 Å². The van der Waals surface area contributed by atoms with Crippen LogP contribution in [0, 0.1) is 15.3 Å². The third kappa shape index (κ3) is 3.28. The van der Waals surface area contributed by atoms with Crippen molar-refractivity contribution in [2.24, 2.45) is 0 Å². The molecule has 0 bridgehead atoms. The molecule has 3 rings (SSSR count). The molecule has 0 fully saturated rings. The maximum absolute atomic E-state index is 12.7. The van der Waals surface area contributed by atoms with Crippen molar-refractivity contribution >= 4 is 11.0 Å². The van der Waals surface area contributed by atoms with Crippen LogP contribution in [-0.2, 0) is 15.9 Å². The van der Waals surface area contributed by atoms with Gasteiger partial charge in [-0.1, -0.05) is 13.8 Å². The zero-order valence-corrected chi connectivity index (χ0v) is 16.5. The average Bonchev–Trinajstić information content (AvgIpc) is 3.03. The number of nitrogens with zero attached hydrogens (tertiary/aromatic N) is 2. The molecule has 1 aromatic carbocycles. The van der Waals surface area contributed by atoms with Crippen molar-refractivity contribution in [3.8, 4) is 0 Å². The molecule has 0 spiro atoms. The van der Waals surface area contributed by atoms with E-state index >= 15 is 0 Å². The Balaban J connectivity index is 2.05. The lowest BCUT2D eigenvalue weighted by Gasteiger charge is -2.46. The van der Waals surface area contributed by atoms with E-state index in [-0.39, 0.29) is 12.6 Å². The second kappa shape index (κ2) is 6.47. The highest BCUT2D eigenvalue weighted by Gasteiger charge is 2.44. The Bertz CT molecular complexity index is 819. The Hall–Kier alpha value is -2.16. The van der Waals surface area contributed by atoms with Gasteiger partial charge in [0.1, 0.15) is 11.3 Å². The van der Waals surface area contributed by atoms with Crippen LogP contribution >= 0.6 is 0 Å². The standard InChI is InChI=1S/C19H26N3O5/c1-11(2)20-10-17(27-22(24)25)16-8-12-7-13-14(9-15(12)26-16)19(5,6)21(23)18(13,3)4/h7-9,11,17,20H,10H2,1-6H3/q-1. The van der Waals surface area contributed by atoms with E-state index in [2.05, 4.69) is 5.32 Å². The van der Waals surface area contributed by atoms with Crippen LogP contribution < -0.4 is 5.32 Å². The largest absolute Gasteiger partial charge is 0.784 e. The molecule has 2 heterocycles. The Kier molecular flexibility index (Phi) is 4.70.